The van der Waals surface area contributed by atoms with Gasteiger partial charge in [0, 0.05) is 24.2 Å². The summed E-state index contributed by atoms with van der Waals surface area (Å²) in [4.78, 5) is 2.56. The van der Waals surface area contributed by atoms with Gasteiger partial charge in [0.25, 0.3) is 0 Å². The molecule has 0 spiro atoms. The van der Waals surface area contributed by atoms with E-state index >= 15 is 0 Å². The zero-order valence-corrected chi connectivity index (χ0v) is 13.3. The fourth-order valence-corrected chi connectivity index (χ4v) is 2.77. The molecular formula is C17H28N2O. The van der Waals surface area contributed by atoms with Crippen LogP contribution in [0.5, 0.6) is 5.75 Å². The summed E-state index contributed by atoms with van der Waals surface area (Å²) >= 11 is 0. The molecule has 0 amide bonds. The zero-order chi connectivity index (χ0) is 14.5. The summed E-state index contributed by atoms with van der Waals surface area (Å²) in [5, 5.41) is 3.47. The van der Waals surface area contributed by atoms with Crippen molar-refractivity contribution in [2.45, 2.75) is 52.2 Å². The Kier molecular flexibility index (Phi) is 5.44. The highest BCUT2D eigenvalue weighted by molar-refractivity contribution is 5.38. The third kappa shape index (κ3) is 3.74. The molecule has 1 aliphatic carbocycles. The molecule has 1 aromatic rings. The van der Waals surface area contributed by atoms with E-state index < -0.39 is 0 Å². The van der Waals surface area contributed by atoms with Crippen molar-refractivity contribution in [1.29, 1.82) is 0 Å². The van der Waals surface area contributed by atoms with Crippen LogP contribution in [-0.2, 0) is 6.54 Å². The molecule has 1 aliphatic rings. The molecule has 0 bridgehead atoms. The minimum absolute atomic E-state index is 0.389. The second-order valence-electron chi connectivity index (χ2n) is 5.64. The molecule has 0 saturated heterocycles. The van der Waals surface area contributed by atoms with E-state index in [2.05, 4.69) is 49.2 Å². The van der Waals surface area contributed by atoms with E-state index in [1.807, 2.05) is 0 Å². The molecule has 3 heteroatoms. The molecule has 0 radical (unpaired) electrons. The van der Waals surface area contributed by atoms with Crippen molar-refractivity contribution >= 4 is 0 Å². The fourth-order valence-electron chi connectivity index (χ4n) is 2.77. The molecule has 20 heavy (non-hydrogen) atoms. The largest absolute Gasteiger partial charge is 0.496 e. The quantitative estimate of drug-likeness (QED) is 0.788. The van der Waals surface area contributed by atoms with Gasteiger partial charge in [-0.2, -0.15) is 0 Å². The van der Waals surface area contributed by atoms with Crippen molar-refractivity contribution in [3.8, 4) is 5.75 Å². The van der Waals surface area contributed by atoms with Crippen LogP contribution in [0, 0.1) is 0 Å². The number of methoxy groups -OCH3 is 1. The smallest absolute Gasteiger partial charge is 0.123 e. The standard InChI is InChI=1S/C17H28N2O/c1-5-18-13(3)14-7-10-17(20-4)15(11-14)12-19(6-2)16-8-9-16/h7,10-11,13,16,18H,5-6,8-9,12H2,1-4H3. The van der Waals surface area contributed by atoms with Crippen LogP contribution in [0.15, 0.2) is 18.2 Å². The molecule has 3 nitrogen and oxygen atoms in total. The Balaban J connectivity index is 2.17. The van der Waals surface area contributed by atoms with Gasteiger partial charge in [-0.1, -0.05) is 19.9 Å². The summed E-state index contributed by atoms with van der Waals surface area (Å²) in [6.45, 7) is 9.71. The maximum absolute atomic E-state index is 5.54. The Labute approximate surface area is 123 Å². The lowest BCUT2D eigenvalue weighted by molar-refractivity contribution is 0.264. The number of nitrogens with one attached hydrogen (secondary N) is 1. The molecule has 0 aromatic heterocycles. The van der Waals surface area contributed by atoms with Crippen molar-refractivity contribution < 1.29 is 4.74 Å². The van der Waals surface area contributed by atoms with Crippen LogP contribution in [-0.4, -0.2) is 31.1 Å². The first-order valence-electron chi connectivity index (χ1n) is 7.83. The first kappa shape index (κ1) is 15.3. The monoisotopic (exact) mass is 276 g/mol. The number of ether oxygens (including phenoxy) is 1. The van der Waals surface area contributed by atoms with Gasteiger partial charge in [0.15, 0.2) is 0 Å². The van der Waals surface area contributed by atoms with Crippen LogP contribution in [0.4, 0.5) is 0 Å². The zero-order valence-electron chi connectivity index (χ0n) is 13.3. The average molecular weight is 276 g/mol. The Bertz CT molecular complexity index is 429. The number of benzene rings is 1. The van der Waals surface area contributed by atoms with E-state index in [9.17, 15) is 0 Å². The minimum atomic E-state index is 0.389. The molecule has 1 aromatic carbocycles. The number of rotatable bonds is 8. The Hall–Kier alpha value is -1.06. The Morgan fingerprint density at radius 2 is 2.10 bits per heavy atom. The fraction of sp³-hybridized carbons (Fsp3) is 0.647. The summed E-state index contributed by atoms with van der Waals surface area (Å²) in [6, 6.07) is 7.76. The Morgan fingerprint density at radius 1 is 1.35 bits per heavy atom. The summed E-state index contributed by atoms with van der Waals surface area (Å²) in [7, 11) is 1.76. The molecule has 1 unspecified atom stereocenters. The van der Waals surface area contributed by atoms with Crippen molar-refractivity contribution in [2.75, 3.05) is 20.2 Å². The summed E-state index contributed by atoms with van der Waals surface area (Å²) in [5.41, 5.74) is 2.65. The molecule has 1 saturated carbocycles. The predicted molar refractivity (Wildman–Crippen MR) is 84.2 cm³/mol. The van der Waals surface area contributed by atoms with E-state index in [-0.39, 0.29) is 0 Å². The third-order valence-corrected chi connectivity index (χ3v) is 4.16. The summed E-state index contributed by atoms with van der Waals surface area (Å²) < 4.78 is 5.54. The molecular weight excluding hydrogens is 248 g/mol. The van der Waals surface area contributed by atoms with Crippen LogP contribution in [0.25, 0.3) is 0 Å². The van der Waals surface area contributed by atoms with E-state index in [0.29, 0.717) is 6.04 Å². The predicted octanol–water partition coefficient (Wildman–Crippen LogP) is 3.35. The van der Waals surface area contributed by atoms with Gasteiger partial charge in [-0.3, -0.25) is 4.90 Å². The van der Waals surface area contributed by atoms with Crippen LogP contribution in [0.1, 0.15) is 50.8 Å². The molecule has 0 heterocycles. The molecule has 1 N–H and O–H groups in total. The number of hydrogen-bond donors (Lipinski definition) is 1. The SMILES string of the molecule is CCNC(C)c1ccc(OC)c(CN(CC)C2CC2)c1. The normalized spacial score (nSPS) is 16.4. The first-order valence-corrected chi connectivity index (χ1v) is 7.83. The van der Waals surface area contributed by atoms with Crippen molar-refractivity contribution in [3.05, 3.63) is 29.3 Å². The van der Waals surface area contributed by atoms with Gasteiger partial charge in [0.05, 0.1) is 7.11 Å². The molecule has 1 fully saturated rings. The van der Waals surface area contributed by atoms with Gasteiger partial charge in [-0.25, -0.2) is 0 Å². The lowest BCUT2D eigenvalue weighted by Crippen LogP contribution is -2.25. The maximum Gasteiger partial charge on any atom is 0.123 e. The highest BCUT2D eigenvalue weighted by Gasteiger charge is 2.28. The lowest BCUT2D eigenvalue weighted by Gasteiger charge is -2.22. The number of hydrogen-bond acceptors (Lipinski definition) is 3. The average Bonchev–Trinajstić information content (AvgIpc) is 3.29. The van der Waals surface area contributed by atoms with Crippen LogP contribution in [0.2, 0.25) is 0 Å². The van der Waals surface area contributed by atoms with Gasteiger partial charge in [-0.05, 0) is 50.6 Å². The Morgan fingerprint density at radius 3 is 2.65 bits per heavy atom. The van der Waals surface area contributed by atoms with Crippen LogP contribution in [0.3, 0.4) is 0 Å². The van der Waals surface area contributed by atoms with Gasteiger partial charge in [0.2, 0.25) is 0 Å². The van der Waals surface area contributed by atoms with Crippen LogP contribution >= 0.6 is 0 Å². The van der Waals surface area contributed by atoms with Crippen molar-refractivity contribution in [3.63, 3.8) is 0 Å². The van der Waals surface area contributed by atoms with Crippen molar-refractivity contribution in [1.82, 2.24) is 10.2 Å². The number of nitrogens with zero attached hydrogens (tertiary/aromatic N) is 1. The molecule has 112 valence electrons. The van der Waals surface area contributed by atoms with Gasteiger partial charge in [-0.15, -0.1) is 0 Å². The topological polar surface area (TPSA) is 24.5 Å². The van der Waals surface area contributed by atoms with Crippen LogP contribution < -0.4 is 10.1 Å². The van der Waals surface area contributed by atoms with E-state index in [1.54, 1.807) is 7.11 Å². The van der Waals surface area contributed by atoms with Crippen molar-refractivity contribution in [2.24, 2.45) is 0 Å². The first-order chi connectivity index (χ1) is 9.69. The van der Waals surface area contributed by atoms with E-state index in [4.69, 9.17) is 4.74 Å². The third-order valence-electron chi connectivity index (χ3n) is 4.16. The molecule has 2 rings (SSSR count). The second kappa shape index (κ2) is 7.09. The van der Waals surface area contributed by atoms with E-state index in [0.717, 1.165) is 31.4 Å². The lowest BCUT2D eigenvalue weighted by atomic mass is 10.0. The highest BCUT2D eigenvalue weighted by atomic mass is 16.5. The van der Waals surface area contributed by atoms with Gasteiger partial charge < -0.3 is 10.1 Å². The van der Waals surface area contributed by atoms with E-state index in [1.165, 1.54) is 24.0 Å². The molecule has 0 aliphatic heterocycles. The minimum Gasteiger partial charge on any atom is -0.496 e. The van der Waals surface area contributed by atoms with Gasteiger partial charge in [0.1, 0.15) is 5.75 Å². The summed E-state index contributed by atoms with van der Waals surface area (Å²) in [6.07, 6.45) is 2.70. The second-order valence-corrected chi connectivity index (χ2v) is 5.64. The molecule has 1 atom stereocenters. The highest BCUT2D eigenvalue weighted by Crippen LogP contribution is 2.31. The summed E-state index contributed by atoms with van der Waals surface area (Å²) in [5.74, 6) is 1.01. The van der Waals surface area contributed by atoms with Gasteiger partial charge >= 0.3 is 0 Å². The maximum atomic E-state index is 5.54.